The van der Waals surface area contributed by atoms with Crippen LogP contribution in [0.15, 0.2) is 29.0 Å². The second-order valence-electron chi connectivity index (χ2n) is 5.60. The van der Waals surface area contributed by atoms with Gasteiger partial charge in [0.2, 0.25) is 0 Å². The van der Waals surface area contributed by atoms with Gasteiger partial charge < -0.3 is 0 Å². The van der Waals surface area contributed by atoms with E-state index in [1.807, 2.05) is 19.3 Å². The van der Waals surface area contributed by atoms with Crippen molar-refractivity contribution < 1.29 is 0 Å². The Morgan fingerprint density at radius 2 is 1.53 bits per heavy atom. The van der Waals surface area contributed by atoms with E-state index in [1.165, 1.54) is 16.8 Å². The molecule has 1 aliphatic rings. The van der Waals surface area contributed by atoms with Crippen molar-refractivity contribution in [2.24, 2.45) is 10.9 Å². The molecule has 0 aromatic carbocycles. The molecule has 0 amide bonds. The molecule has 0 spiro atoms. The van der Waals surface area contributed by atoms with Crippen molar-refractivity contribution in [3.8, 4) is 0 Å². The number of aryl methyl sites for hydroxylation is 1. The summed E-state index contributed by atoms with van der Waals surface area (Å²) in [7, 11) is 0. The third kappa shape index (κ3) is 5.33. The predicted molar refractivity (Wildman–Crippen MR) is 81.8 cm³/mol. The summed E-state index contributed by atoms with van der Waals surface area (Å²) in [6.07, 6.45) is 5.95. The van der Waals surface area contributed by atoms with Crippen molar-refractivity contribution >= 4 is 5.71 Å². The largest absolute Gasteiger partial charge is 0.285 e. The fourth-order valence-electron chi connectivity index (χ4n) is 1.61. The average molecular weight is 259 g/mol. The number of aromatic nitrogens is 2. The molecule has 0 N–H and O–H groups in total. The van der Waals surface area contributed by atoms with Crippen molar-refractivity contribution in [3.05, 3.63) is 35.4 Å². The molecule has 0 aliphatic carbocycles. The summed E-state index contributed by atoms with van der Waals surface area (Å²) in [5.41, 5.74) is 3.84. The molecular formula is C16H25N3. The molecule has 0 saturated heterocycles. The van der Waals surface area contributed by atoms with Gasteiger partial charge in [0.1, 0.15) is 5.82 Å². The molecule has 104 valence electrons. The molecule has 0 radical (unpaired) electrons. The number of hydrogen-bond donors (Lipinski definition) is 0. The summed E-state index contributed by atoms with van der Waals surface area (Å²) in [6, 6.07) is 0. The zero-order chi connectivity index (χ0) is 14.4. The third-order valence-electron chi connectivity index (χ3n) is 2.96. The number of aliphatic imine (C=N–C) groups is 1. The Hall–Kier alpha value is -1.51. The van der Waals surface area contributed by atoms with Gasteiger partial charge in [-0.2, -0.15) is 0 Å². The van der Waals surface area contributed by atoms with Gasteiger partial charge in [0.05, 0.1) is 6.54 Å². The van der Waals surface area contributed by atoms with Gasteiger partial charge in [-0.25, -0.2) is 9.97 Å². The fraction of sp³-hybridized carbons (Fsp3) is 0.562. The van der Waals surface area contributed by atoms with Crippen LogP contribution in [0, 0.1) is 12.8 Å². The third-order valence-corrected chi connectivity index (χ3v) is 2.96. The van der Waals surface area contributed by atoms with Crippen LogP contribution in [0.2, 0.25) is 0 Å². The molecule has 0 fully saturated rings. The number of allylic oxidation sites excluding steroid dienone is 1. The minimum atomic E-state index is 0.528. The van der Waals surface area contributed by atoms with E-state index in [2.05, 4.69) is 55.7 Å². The van der Waals surface area contributed by atoms with Gasteiger partial charge in [-0.1, -0.05) is 33.3 Å². The lowest BCUT2D eigenvalue weighted by Gasteiger charge is -2.01. The van der Waals surface area contributed by atoms with E-state index in [9.17, 15) is 0 Å². The first-order valence-electron chi connectivity index (χ1n) is 6.90. The van der Waals surface area contributed by atoms with Gasteiger partial charge >= 0.3 is 0 Å². The molecule has 2 rings (SSSR count). The van der Waals surface area contributed by atoms with Crippen molar-refractivity contribution in [2.45, 2.75) is 47.5 Å². The molecular weight excluding hydrogens is 234 g/mol. The van der Waals surface area contributed by atoms with Crippen LogP contribution in [0.1, 0.15) is 51.9 Å². The van der Waals surface area contributed by atoms with Crippen LogP contribution >= 0.6 is 0 Å². The summed E-state index contributed by atoms with van der Waals surface area (Å²) in [4.78, 5) is 12.5. The zero-order valence-corrected chi connectivity index (χ0v) is 12.9. The first kappa shape index (κ1) is 15.5. The van der Waals surface area contributed by atoms with Crippen molar-refractivity contribution in [1.82, 2.24) is 9.97 Å². The molecule has 0 unspecified atom stereocenters. The van der Waals surface area contributed by atoms with Gasteiger partial charge in [0.25, 0.3) is 0 Å². The van der Waals surface area contributed by atoms with Crippen LogP contribution < -0.4 is 0 Å². The lowest BCUT2D eigenvalue weighted by atomic mass is 10.1. The average Bonchev–Trinajstić information content (AvgIpc) is 2.77. The van der Waals surface area contributed by atoms with Crippen LogP contribution in [0.25, 0.3) is 0 Å². The Labute approximate surface area is 116 Å². The summed E-state index contributed by atoms with van der Waals surface area (Å²) in [5.74, 6) is 1.97. The van der Waals surface area contributed by atoms with Crippen LogP contribution in [0.5, 0.6) is 0 Å². The Kier molecular flexibility index (Phi) is 5.87. The Morgan fingerprint density at radius 3 is 1.84 bits per heavy atom. The smallest absolute Gasteiger partial charge is 0.125 e. The maximum absolute atomic E-state index is 4.34. The molecule has 19 heavy (non-hydrogen) atoms. The molecule has 1 aromatic rings. The molecule has 0 bridgehead atoms. The molecule has 1 aromatic heterocycles. The lowest BCUT2D eigenvalue weighted by Crippen LogP contribution is -2.00. The molecule has 2 heterocycles. The van der Waals surface area contributed by atoms with Crippen LogP contribution in [0.4, 0.5) is 0 Å². The highest BCUT2D eigenvalue weighted by atomic mass is 14.8. The highest BCUT2D eigenvalue weighted by Gasteiger charge is 2.06. The molecule has 3 nitrogen and oxygen atoms in total. The van der Waals surface area contributed by atoms with E-state index in [0.717, 1.165) is 12.4 Å². The van der Waals surface area contributed by atoms with Crippen LogP contribution in [-0.4, -0.2) is 22.2 Å². The normalized spacial score (nSPS) is 14.1. The minimum absolute atomic E-state index is 0.528. The van der Waals surface area contributed by atoms with Crippen LogP contribution in [0.3, 0.4) is 0 Å². The molecule has 0 atom stereocenters. The first-order chi connectivity index (χ1) is 8.90. The first-order valence-corrected chi connectivity index (χ1v) is 6.90. The van der Waals surface area contributed by atoms with Crippen molar-refractivity contribution in [3.63, 3.8) is 0 Å². The van der Waals surface area contributed by atoms with Gasteiger partial charge in [0.15, 0.2) is 0 Å². The minimum Gasteiger partial charge on any atom is -0.285 e. The second kappa shape index (κ2) is 7.17. The Bertz CT molecular complexity index is 453. The van der Waals surface area contributed by atoms with Gasteiger partial charge in [-0.3, -0.25) is 4.99 Å². The van der Waals surface area contributed by atoms with Gasteiger partial charge in [-0.05, 0) is 37.3 Å². The number of hydrogen-bond acceptors (Lipinski definition) is 3. The maximum atomic E-state index is 4.34. The fourth-order valence-corrected chi connectivity index (χ4v) is 1.61. The quantitative estimate of drug-likeness (QED) is 0.806. The molecule has 0 saturated carbocycles. The molecule has 1 aliphatic heterocycles. The summed E-state index contributed by atoms with van der Waals surface area (Å²) >= 11 is 0. The van der Waals surface area contributed by atoms with E-state index in [-0.39, 0.29) is 0 Å². The van der Waals surface area contributed by atoms with E-state index in [1.54, 1.807) is 0 Å². The highest BCUT2D eigenvalue weighted by Crippen LogP contribution is 2.10. The molecule has 3 heteroatoms. The Balaban J connectivity index is 0.000000191. The van der Waals surface area contributed by atoms with E-state index in [4.69, 9.17) is 0 Å². The topological polar surface area (TPSA) is 38.1 Å². The van der Waals surface area contributed by atoms with E-state index < -0.39 is 0 Å². The number of rotatable bonds is 2. The summed E-state index contributed by atoms with van der Waals surface area (Å²) in [6.45, 7) is 13.6. The summed E-state index contributed by atoms with van der Waals surface area (Å²) < 4.78 is 0. The Morgan fingerprint density at radius 1 is 0.947 bits per heavy atom. The predicted octanol–water partition coefficient (Wildman–Crippen LogP) is 3.95. The zero-order valence-electron chi connectivity index (χ0n) is 12.9. The lowest BCUT2D eigenvalue weighted by molar-refractivity contribution is 0.837. The van der Waals surface area contributed by atoms with Gasteiger partial charge in [0, 0.05) is 18.1 Å². The van der Waals surface area contributed by atoms with E-state index >= 15 is 0 Å². The van der Waals surface area contributed by atoms with Crippen LogP contribution in [-0.2, 0) is 0 Å². The SMILES string of the molecule is CC1=CC(C(C)C)=NC1.Cc1ncc(C(C)C)cn1. The monoisotopic (exact) mass is 259 g/mol. The second-order valence-corrected chi connectivity index (χ2v) is 5.60. The maximum Gasteiger partial charge on any atom is 0.125 e. The van der Waals surface area contributed by atoms with Gasteiger partial charge in [-0.15, -0.1) is 0 Å². The standard InChI is InChI=1S/C8H12N2.C8H13N/c1-6(2)8-4-9-7(3)10-5-8;1-6(2)8-4-7(3)5-9-8/h4-6H,1-3H3;4,6H,5H2,1-3H3. The van der Waals surface area contributed by atoms with Crippen molar-refractivity contribution in [1.29, 1.82) is 0 Å². The van der Waals surface area contributed by atoms with Crippen molar-refractivity contribution in [2.75, 3.05) is 6.54 Å². The van der Waals surface area contributed by atoms with E-state index in [0.29, 0.717) is 11.8 Å². The highest BCUT2D eigenvalue weighted by molar-refractivity contribution is 5.98. The number of nitrogens with zero attached hydrogens (tertiary/aromatic N) is 3. The summed E-state index contributed by atoms with van der Waals surface area (Å²) in [5, 5.41) is 0.